The van der Waals surface area contributed by atoms with Gasteiger partial charge in [-0.2, -0.15) is 12.6 Å². The molecule has 0 aliphatic heterocycles. The van der Waals surface area contributed by atoms with Gasteiger partial charge in [-0.3, -0.25) is 0 Å². The van der Waals surface area contributed by atoms with Gasteiger partial charge in [0.25, 0.3) is 0 Å². The van der Waals surface area contributed by atoms with Gasteiger partial charge < -0.3 is 10.6 Å². The van der Waals surface area contributed by atoms with Gasteiger partial charge in [0.1, 0.15) is 0 Å². The first kappa shape index (κ1) is 9.27. The zero-order valence-corrected chi connectivity index (χ0v) is 6.90. The van der Waals surface area contributed by atoms with Crippen molar-refractivity contribution in [3.8, 4) is 0 Å². The molecule has 0 bridgehead atoms. The number of thiol groups is 1. The number of nitrogens with zero attached hydrogens (tertiary/aromatic N) is 1. The second kappa shape index (κ2) is 6.39. The third-order valence-electron chi connectivity index (χ3n) is 1.23. The van der Waals surface area contributed by atoms with Gasteiger partial charge in [0, 0.05) is 12.3 Å². The maximum atomic E-state index is 5.33. The first-order chi connectivity index (χ1) is 4.31. The molecule has 0 fully saturated rings. The predicted octanol–water partition coefficient (Wildman–Crippen LogP) is 0.197. The molecule has 0 aromatic carbocycles. The van der Waals surface area contributed by atoms with Gasteiger partial charge in [0.05, 0.1) is 0 Å². The molecule has 0 amide bonds. The van der Waals surface area contributed by atoms with Crippen LogP contribution in [0.15, 0.2) is 0 Å². The van der Waals surface area contributed by atoms with E-state index in [1.54, 1.807) is 0 Å². The average Bonchev–Trinajstić information content (AvgIpc) is 1.85. The number of hydrogen-bond donors (Lipinski definition) is 2. The van der Waals surface area contributed by atoms with Crippen molar-refractivity contribution < 1.29 is 0 Å². The zero-order chi connectivity index (χ0) is 7.11. The molecule has 0 aromatic rings. The summed E-state index contributed by atoms with van der Waals surface area (Å²) in [6.07, 6.45) is 1.09. The van der Waals surface area contributed by atoms with Gasteiger partial charge in [-0.15, -0.1) is 0 Å². The highest BCUT2D eigenvalue weighted by Gasteiger charge is 1.92. The van der Waals surface area contributed by atoms with E-state index >= 15 is 0 Å². The normalized spacial score (nSPS) is 10.7. The minimum atomic E-state index is 0.789. The summed E-state index contributed by atoms with van der Waals surface area (Å²) in [6, 6.07) is 0. The van der Waals surface area contributed by atoms with E-state index in [1.807, 2.05) is 0 Å². The molecule has 0 spiro atoms. The van der Waals surface area contributed by atoms with Crippen LogP contribution in [0, 0.1) is 0 Å². The molecule has 0 aliphatic rings. The molecular formula is C6H16N2S. The van der Waals surface area contributed by atoms with E-state index in [0.29, 0.717) is 0 Å². The molecule has 3 heteroatoms. The molecule has 0 saturated carbocycles. The predicted molar refractivity (Wildman–Crippen MR) is 45.0 cm³/mol. The van der Waals surface area contributed by atoms with Crippen LogP contribution in [0.25, 0.3) is 0 Å². The van der Waals surface area contributed by atoms with Crippen LogP contribution in [0.2, 0.25) is 0 Å². The van der Waals surface area contributed by atoms with Crippen LogP contribution < -0.4 is 5.73 Å². The van der Waals surface area contributed by atoms with Crippen molar-refractivity contribution in [3.63, 3.8) is 0 Å². The van der Waals surface area contributed by atoms with E-state index in [2.05, 4.69) is 24.6 Å². The third-order valence-corrected chi connectivity index (χ3v) is 1.43. The molecule has 0 radical (unpaired) electrons. The van der Waals surface area contributed by atoms with Crippen LogP contribution in [0.3, 0.4) is 0 Å². The van der Waals surface area contributed by atoms with Gasteiger partial charge in [0.15, 0.2) is 0 Å². The molecule has 2 nitrogen and oxygen atoms in total. The van der Waals surface area contributed by atoms with Crippen molar-refractivity contribution in [2.24, 2.45) is 5.73 Å². The number of hydrogen-bond acceptors (Lipinski definition) is 3. The fourth-order valence-corrected chi connectivity index (χ4v) is 0.985. The van der Waals surface area contributed by atoms with Gasteiger partial charge >= 0.3 is 0 Å². The number of rotatable bonds is 5. The van der Waals surface area contributed by atoms with Crippen molar-refractivity contribution in [1.82, 2.24) is 4.90 Å². The molecule has 0 unspecified atom stereocenters. The van der Waals surface area contributed by atoms with Crippen LogP contribution in [0.4, 0.5) is 0 Å². The van der Waals surface area contributed by atoms with Gasteiger partial charge in [-0.1, -0.05) is 0 Å². The first-order valence-electron chi connectivity index (χ1n) is 3.30. The Balaban J connectivity index is 2.95. The summed E-state index contributed by atoms with van der Waals surface area (Å²) in [5, 5.41) is 0. The van der Waals surface area contributed by atoms with Crippen molar-refractivity contribution in [1.29, 1.82) is 0 Å². The lowest BCUT2D eigenvalue weighted by Gasteiger charge is -2.13. The molecule has 0 aliphatic carbocycles. The maximum Gasteiger partial charge on any atom is 0.00668 e. The molecule has 0 saturated heterocycles. The SMILES string of the molecule is CN(CCS)CCCN. The van der Waals surface area contributed by atoms with E-state index in [-0.39, 0.29) is 0 Å². The van der Waals surface area contributed by atoms with E-state index in [9.17, 15) is 0 Å². The summed E-state index contributed by atoms with van der Waals surface area (Å²) in [4.78, 5) is 2.24. The van der Waals surface area contributed by atoms with Gasteiger partial charge in [-0.25, -0.2) is 0 Å². The minimum Gasteiger partial charge on any atom is -0.330 e. The molecule has 2 N–H and O–H groups in total. The quantitative estimate of drug-likeness (QED) is 0.545. The van der Waals surface area contributed by atoms with E-state index in [0.717, 1.165) is 31.8 Å². The molecule has 56 valence electrons. The van der Waals surface area contributed by atoms with Crippen molar-refractivity contribution in [3.05, 3.63) is 0 Å². The maximum absolute atomic E-state index is 5.33. The Morgan fingerprint density at radius 3 is 2.56 bits per heavy atom. The largest absolute Gasteiger partial charge is 0.330 e. The summed E-state index contributed by atoms with van der Waals surface area (Å²) in [7, 11) is 2.09. The Labute approximate surface area is 62.8 Å². The van der Waals surface area contributed by atoms with Gasteiger partial charge in [0.2, 0.25) is 0 Å². The average molecular weight is 148 g/mol. The summed E-state index contributed by atoms with van der Waals surface area (Å²) in [5.41, 5.74) is 5.33. The highest BCUT2D eigenvalue weighted by atomic mass is 32.1. The number of nitrogens with two attached hydrogens (primary N) is 1. The van der Waals surface area contributed by atoms with Crippen molar-refractivity contribution in [2.45, 2.75) is 6.42 Å². The fourth-order valence-electron chi connectivity index (χ4n) is 0.644. The Morgan fingerprint density at radius 2 is 2.11 bits per heavy atom. The summed E-state index contributed by atoms with van der Waals surface area (Å²) < 4.78 is 0. The highest BCUT2D eigenvalue weighted by Crippen LogP contribution is 1.85. The molecule has 0 heterocycles. The molecule has 0 aromatic heterocycles. The monoisotopic (exact) mass is 148 g/mol. The summed E-state index contributed by atoms with van der Waals surface area (Å²) in [6.45, 7) is 2.94. The third kappa shape index (κ3) is 6.15. The Morgan fingerprint density at radius 1 is 1.44 bits per heavy atom. The first-order valence-corrected chi connectivity index (χ1v) is 3.94. The lowest BCUT2D eigenvalue weighted by molar-refractivity contribution is 0.353. The van der Waals surface area contributed by atoms with Crippen LogP contribution in [-0.4, -0.2) is 37.3 Å². The van der Waals surface area contributed by atoms with Gasteiger partial charge in [-0.05, 0) is 26.6 Å². The van der Waals surface area contributed by atoms with Crippen LogP contribution in [-0.2, 0) is 0 Å². The van der Waals surface area contributed by atoms with Crippen LogP contribution in [0.5, 0.6) is 0 Å². The van der Waals surface area contributed by atoms with E-state index in [1.165, 1.54) is 0 Å². The highest BCUT2D eigenvalue weighted by molar-refractivity contribution is 7.80. The Kier molecular flexibility index (Phi) is 6.58. The molecular weight excluding hydrogens is 132 g/mol. The minimum absolute atomic E-state index is 0.789. The summed E-state index contributed by atoms with van der Waals surface area (Å²) >= 11 is 4.11. The van der Waals surface area contributed by atoms with E-state index in [4.69, 9.17) is 5.73 Å². The lowest BCUT2D eigenvalue weighted by atomic mass is 10.4. The van der Waals surface area contributed by atoms with E-state index < -0.39 is 0 Å². The summed E-state index contributed by atoms with van der Waals surface area (Å²) in [5.74, 6) is 0.932. The lowest BCUT2D eigenvalue weighted by Crippen LogP contribution is -2.23. The smallest absolute Gasteiger partial charge is 0.00668 e. The topological polar surface area (TPSA) is 29.3 Å². The standard InChI is InChI=1S/C6H16N2S/c1-8(5-6-9)4-2-3-7/h9H,2-7H2,1H3. The Bertz CT molecular complexity index is 59.0. The molecule has 0 rings (SSSR count). The molecule has 9 heavy (non-hydrogen) atoms. The second-order valence-electron chi connectivity index (χ2n) is 2.17. The van der Waals surface area contributed by atoms with Crippen molar-refractivity contribution in [2.75, 3.05) is 32.4 Å². The van der Waals surface area contributed by atoms with Crippen molar-refractivity contribution >= 4 is 12.6 Å². The van der Waals surface area contributed by atoms with Crippen LogP contribution >= 0.6 is 12.6 Å². The second-order valence-corrected chi connectivity index (χ2v) is 2.62. The Hall–Kier alpha value is 0.270. The zero-order valence-electron chi connectivity index (χ0n) is 6.01. The van der Waals surface area contributed by atoms with Crippen LogP contribution in [0.1, 0.15) is 6.42 Å². The molecule has 0 atom stereocenters. The fraction of sp³-hybridized carbons (Fsp3) is 1.00.